The van der Waals surface area contributed by atoms with Crippen LogP contribution in [-0.2, 0) is 0 Å². The number of nitrogens with two attached hydrogens (primary N) is 1. The van der Waals surface area contributed by atoms with E-state index >= 15 is 0 Å². The third-order valence-electron chi connectivity index (χ3n) is 2.14. The fraction of sp³-hybridized carbons (Fsp3) is 0.231. The fourth-order valence-electron chi connectivity index (χ4n) is 1.35. The highest BCUT2D eigenvalue weighted by atomic mass is 35.5. The number of hydrogen-bond donors (Lipinski definition) is 1. The van der Waals surface area contributed by atoms with Crippen LogP contribution in [-0.4, -0.2) is 16.1 Å². The van der Waals surface area contributed by atoms with Crippen LogP contribution in [0.4, 0.5) is 5.69 Å². The van der Waals surface area contributed by atoms with Crippen molar-refractivity contribution in [2.45, 2.75) is 30.0 Å². The molecule has 4 nitrogen and oxygen atoms in total. The molecule has 0 radical (unpaired) electrons. The van der Waals surface area contributed by atoms with Crippen LogP contribution in [0.2, 0.25) is 5.02 Å². The molecular formula is C13H14ClN3OS. The molecule has 0 saturated heterocycles. The standard InChI is InChI=1S/C13H14ClN3OS/c1-8(2)18-12-10(15)5-6-11(17-12)19-13-9(14)4-3-7-16-13/h3-8H,15H2,1-2H3. The van der Waals surface area contributed by atoms with Gasteiger partial charge < -0.3 is 10.5 Å². The van der Waals surface area contributed by atoms with Gasteiger partial charge in [-0.3, -0.25) is 0 Å². The lowest BCUT2D eigenvalue weighted by atomic mass is 10.4. The molecule has 2 heterocycles. The molecule has 0 aliphatic carbocycles. The number of ether oxygens (including phenoxy) is 1. The fourth-order valence-corrected chi connectivity index (χ4v) is 2.33. The molecule has 0 aliphatic heterocycles. The predicted molar refractivity (Wildman–Crippen MR) is 77.8 cm³/mol. The molecule has 2 rings (SSSR count). The Hall–Kier alpha value is -1.46. The van der Waals surface area contributed by atoms with E-state index in [2.05, 4.69) is 9.97 Å². The zero-order valence-electron chi connectivity index (χ0n) is 10.6. The van der Waals surface area contributed by atoms with Crippen molar-refractivity contribution in [1.82, 2.24) is 9.97 Å². The van der Waals surface area contributed by atoms with E-state index in [1.54, 1.807) is 24.4 Å². The predicted octanol–water partition coefficient (Wildman–Crippen LogP) is 3.65. The van der Waals surface area contributed by atoms with Gasteiger partial charge in [-0.1, -0.05) is 11.6 Å². The first-order valence-electron chi connectivity index (χ1n) is 5.78. The number of anilines is 1. The van der Waals surface area contributed by atoms with Crippen LogP contribution in [0.1, 0.15) is 13.8 Å². The van der Waals surface area contributed by atoms with Crippen LogP contribution in [0.25, 0.3) is 0 Å². The van der Waals surface area contributed by atoms with Gasteiger partial charge in [0.05, 0.1) is 16.8 Å². The molecule has 100 valence electrons. The maximum absolute atomic E-state index is 6.06. The first-order valence-corrected chi connectivity index (χ1v) is 6.97. The van der Waals surface area contributed by atoms with Crippen molar-refractivity contribution in [2.24, 2.45) is 0 Å². The lowest BCUT2D eigenvalue weighted by molar-refractivity contribution is 0.232. The molecule has 2 aromatic heterocycles. The maximum atomic E-state index is 6.06. The number of hydrogen-bond acceptors (Lipinski definition) is 5. The first-order chi connectivity index (χ1) is 9.06. The summed E-state index contributed by atoms with van der Waals surface area (Å²) in [6, 6.07) is 7.16. The van der Waals surface area contributed by atoms with Crippen LogP contribution in [0.15, 0.2) is 40.5 Å². The van der Waals surface area contributed by atoms with Gasteiger partial charge in [-0.05, 0) is 49.9 Å². The monoisotopic (exact) mass is 295 g/mol. The molecule has 6 heteroatoms. The molecule has 0 aliphatic rings. The molecule has 0 aromatic carbocycles. The number of pyridine rings is 2. The minimum Gasteiger partial charge on any atom is -0.473 e. The van der Waals surface area contributed by atoms with Crippen molar-refractivity contribution in [1.29, 1.82) is 0 Å². The van der Waals surface area contributed by atoms with Crippen LogP contribution in [0.3, 0.4) is 0 Å². The van der Waals surface area contributed by atoms with Gasteiger partial charge in [0.2, 0.25) is 5.88 Å². The van der Waals surface area contributed by atoms with E-state index in [0.29, 0.717) is 21.6 Å². The van der Waals surface area contributed by atoms with Crippen molar-refractivity contribution in [3.05, 3.63) is 35.5 Å². The summed E-state index contributed by atoms with van der Waals surface area (Å²) in [7, 11) is 0. The van der Waals surface area contributed by atoms with E-state index in [4.69, 9.17) is 22.1 Å². The van der Waals surface area contributed by atoms with Gasteiger partial charge in [-0.15, -0.1) is 0 Å². The summed E-state index contributed by atoms with van der Waals surface area (Å²) in [6.07, 6.45) is 1.71. The third kappa shape index (κ3) is 3.75. The second-order valence-corrected chi connectivity index (χ2v) is 5.52. The largest absolute Gasteiger partial charge is 0.473 e. The summed E-state index contributed by atoms with van der Waals surface area (Å²) >= 11 is 7.44. The summed E-state index contributed by atoms with van der Waals surface area (Å²) < 4.78 is 5.55. The number of nitrogens with zero attached hydrogens (tertiary/aromatic N) is 2. The Morgan fingerprint density at radius 2 is 2.11 bits per heavy atom. The Kier molecular flexibility index (Phi) is 4.50. The normalized spacial score (nSPS) is 10.7. The van der Waals surface area contributed by atoms with Crippen LogP contribution in [0.5, 0.6) is 5.88 Å². The molecule has 0 unspecified atom stereocenters. The van der Waals surface area contributed by atoms with Gasteiger partial charge in [0.1, 0.15) is 10.1 Å². The smallest absolute Gasteiger partial charge is 0.238 e. The Morgan fingerprint density at radius 3 is 2.79 bits per heavy atom. The van der Waals surface area contributed by atoms with Crippen molar-refractivity contribution in [3.8, 4) is 5.88 Å². The Bertz CT molecular complexity index is 578. The van der Waals surface area contributed by atoms with Crippen LogP contribution < -0.4 is 10.5 Å². The first kappa shape index (κ1) is 14.0. The van der Waals surface area contributed by atoms with Gasteiger partial charge in [0.15, 0.2) is 0 Å². The number of halogens is 1. The van der Waals surface area contributed by atoms with Crippen molar-refractivity contribution in [2.75, 3.05) is 5.73 Å². The minimum absolute atomic E-state index is 0.0217. The molecule has 0 spiro atoms. The number of rotatable bonds is 4. The van der Waals surface area contributed by atoms with Crippen molar-refractivity contribution < 1.29 is 4.74 Å². The van der Waals surface area contributed by atoms with Gasteiger partial charge in [-0.2, -0.15) is 0 Å². The average Bonchev–Trinajstić information content (AvgIpc) is 2.35. The highest BCUT2D eigenvalue weighted by Crippen LogP contribution is 2.32. The van der Waals surface area contributed by atoms with Gasteiger partial charge in [0, 0.05) is 6.20 Å². The highest BCUT2D eigenvalue weighted by molar-refractivity contribution is 7.99. The van der Waals surface area contributed by atoms with Crippen LogP contribution >= 0.6 is 23.4 Å². The lowest BCUT2D eigenvalue weighted by Crippen LogP contribution is -2.09. The van der Waals surface area contributed by atoms with Crippen molar-refractivity contribution >= 4 is 29.1 Å². The van der Waals surface area contributed by atoms with E-state index < -0.39 is 0 Å². The molecule has 19 heavy (non-hydrogen) atoms. The Balaban J connectivity index is 2.24. The van der Waals surface area contributed by atoms with E-state index in [1.165, 1.54) is 11.8 Å². The van der Waals surface area contributed by atoms with E-state index in [0.717, 1.165) is 5.03 Å². The lowest BCUT2D eigenvalue weighted by Gasteiger charge is -2.11. The quantitative estimate of drug-likeness (QED) is 0.933. The average molecular weight is 296 g/mol. The summed E-state index contributed by atoms with van der Waals surface area (Å²) in [5.74, 6) is 0.437. The molecule has 0 atom stereocenters. The topological polar surface area (TPSA) is 61.0 Å². The van der Waals surface area contributed by atoms with E-state index in [-0.39, 0.29) is 6.10 Å². The molecule has 0 fully saturated rings. The molecule has 0 amide bonds. The Labute approximate surface area is 121 Å². The van der Waals surface area contributed by atoms with E-state index in [1.807, 2.05) is 19.9 Å². The van der Waals surface area contributed by atoms with Gasteiger partial charge >= 0.3 is 0 Å². The second-order valence-electron chi connectivity index (χ2n) is 4.10. The zero-order chi connectivity index (χ0) is 13.8. The molecule has 0 saturated carbocycles. The second kappa shape index (κ2) is 6.12. The maximum Gasteiger partial charge on any atom is 0.238 e. The third-order valence-corrected chi connectivity index (χ3v) is 3.51. The summed E-state index contributed by atoms with van der Waals surface area (Å²) in [5.41, 5.74) is 6.34. The van der Waals surface area contributed by atoms with Gasteiger partial charge in [-0.25, -0.2) is 9.97 Å². The molecule has 0 bridgehead atoms. The van der Waals surface area contributed by atoms with Crippen LogP contribution in [0, 0.1) is 0 Å². The number of nitrogen functional groups attached to an aromatic ring is 1. The molecule has 2 N–H and O–H groups in total. The zero-order valence-corrected chi connectivity index (χ0v) is 12.2. The van der Waals surface area contributed by atoms with E-state index in [9.17, 15) is 0 Å². The highest BCUT2D eigenvalue weighted by Gasteiger charge is 2.09. The molecular weight excluding hydrogens is 282 g/mol. The minimum atomic E-state index is 0.0217. The Morgan fingerprint density at radius 1 is 1.32 bits per heavy atom. The summed E-state index contributed by atoms with van der Waals surface area (Å²) in [6.45, 7) is 3.85. The molecule has 2 aromatic rings. The summed E-state index contributed by atoms with van der Waals surface area (Å²) in [4.78, 5) is 8.57. The number of aromatic nitrogens is 2. The van der Waals surface area contributed by atoms with Gasteiger partial charge in [0.25, 0.3) is 0 Å². The summed E-state index contributed by atoms with van der Waals surface area (Å²) in [5, 5.41) is 2.04. The van der Waals surface area contributed by atoms with Crippen molar-refractivity contribution in [3.63, 3.8) is 0 Å². The SMILES string of the molecule is CC(C)Oc1nc(Sc2ncccc2Cl)ccc1N.